The Morgan fingerprint density at radius 1 is 1.17 bits per heavy atom. The van der Waals surface area contributed by atoms with Crippen molar-refractivity contribution in [3.63, 3.8) is 0 Å². The normalized spacial score (nSPS) is 21.2. The van der Waals surface area contributed by atoms with Crippen molar-refractivity contribution < 1.29 is 37.0 Å². The number of likely N-dealkylation sites (tertiary alicyclic amines) is 1. The van der Waals surface area contributed by atoms with Gasteiger partial charge in [-0.3, -0.25) is 4.90 Å². The predicted octanol–water partition coefficient (Wildman–Crippen LogP) is 5.61. The quantitative estimate of drug-likeness (QED) is 0.480. The number of para-hydroxylation sites is 1. The summed E-state index contributed by atoms with van der Waals surface area (Å²) in [6.07, 6.45) is -2.54. The van der Waals surface area contributed by atoms with Crippen molar-refractivity contribution in [3.05, 3.63) is 41.6 Å². The van der Waals surface area contributed by atoms with E-state index in [1.807, 2.05) is 13.8 Å². The molecule has 0 N–H and O–H groups in total. The second-order valence-electron chi connectivity index (χ2n) is 9.07. The zero-order valence-corrected chi connectivity index (χ0v) is 20.5. The number of fused-ring (bicyclic) bond motifs is 3. The number of carbonyl (C=O) groups is 2. The number of benzene rings is 1. The Labute approximate surface area is 201 Å². The van der Waals surface area contributed by atoms with Crippen LogP contribution in [0.1, 0.15) is 52.3 Å². The van der Waals surface area contributed by atoms with E-state index in [2.05, 4.69) is 4.98 Å². The van der Waals surface area contributed by atoms with Gasteiger partial charge in [-0.1, -0.05) is 38.1 Å². The second-order valence-corrected chi connectivity index (χ2v) is 9.07. The summed E-state index contributed by atoms with van der Waals surface area (Å²) in [5.41, 5.74) is -2.96. The SMILES string of the molecule is CC.COC(=O)C1CC2(C=Cc3c(c(C(F)(F)F)nc4ccccc34)O2)CN1C(=O)OC(C)(C)C. The lowest BCUT2D eigenvalue weighted by molar-refractivity contribution is -0.146. The lowest BCUT2D eigenvalue weighted by atomic mass is 9.93. The maximum atomic E-state index is 13.9. The Kier molecular flexibility index (Phi) is 7.06. The molecule has 1 aromatic heterocycles. The monoisotopic (exact) mass is 494 g/mol. The molecule has 2 aliphatic rings. The molecule has 7 nitrogen and oxygen atoms in total. The molecule has 3 heterocycles. The van der Waals surface area contributed by atoms with Crippen molar-refractivity contribution in [2.75, 3.05) is 13.7 Å². The van der Waals surface area contributed by atoms with Gasteiger partial charge in [0.05, 0.1) is 19.2 Å². The van der Waals surface area contributed by atoms with Gasteiger partial charge in [0.2, 0.25) is 0 Å². The summed E-state index contributed by atoms with van der Waals surface area (Å²) < 4.78 is 57.9. The molecule has 0 saturated carbocycles. The van der Waals surface area contributed by atoms with Gasteiger partial charge in [0.1, 0.15) is 17.2 Å². The summed E-state index contributed by atoms with van der Waals surface area (Å²) in [5.74, 6) is -1.15. The van der Waals surface area contributed by atoms with Crippen molar-refractivity contribution in [3.8, 4) is 5.75 Å². The van der Waals surface area contributed by atoms with Gasteiger partial charge >= 0.3 is 18.2 Å². The van der Waals surface area contributed by atoms with Crippen LogP contribution in [0.25, 0.3) is 17.0 Å². The van der Waals surface area contributed by atoms with Gasteiger partial charge in [-0.05, 0) is 32.9 Å². The Morgan fingerprint density at radius 3 is 2.43 bits per heavy atom. The number of halogens is 3. The van der Waals surface area contributed by atoms with E-state index in [4.69, 9.17) is 14.2 Å². The molecular formula is C25H29F3N2O5. The molecule has 1 amide bonds. The number of alkyl halides is 3. The lowest BCUT2D eigenvalue weighted by Gasteiger charge is -2.33. The van der Waals surface area contributed by atoms with Crippen molar-refractivity contribution in [1.82, 2.24) is 9.88 Å². The summed E-state index contributed by atoms with van der Waals surface area (Å²) in [6.45, 7) is 8.82. The number of rotatable bonds is 1. The minimum absolute atomic E-state index is 0.0982. The number of carbonyl (C=O) groups excluding carboxylic acids is 2. The molecule has 2 aromatic rings. The topological polar surface area (TPSA) is 78.0 Å². The fourth-order valence-electron chi connectivity index (χ4n) is 4.11. The van der Waals surface area contributed by atoms with Crippen LogP contribution in [-0.2, 0) is 20.4 Å². The molecule has 0 aliphatic carbocycles. The Morgan fingerprint density at radius 2 is 1.83 bits per heavy atom. The highest BCUT2D eigenvalue weighted by atomic mass is 19.4. The lowest BCUT2D eigenvalue weighted by Crippen LogP contribution is -2.45. The minimum Gasteiger partial charge on any atom is -0.478 e. The summed E-state index contributed by atoms with van der Waals surface area (Å²) >= 11 is 0. The first-order chi connectivity index (χ1) is 16.3. The molecule has 0 radical (unpaired) electrons. The predicted molar refractivity (Wildman–Crippen MR) is 124 cm³/mol. The number of aromatic nitrogens is 1. The van der Waals surface area contributed by atoms with Crippen molar-refractivity contribution >= 4 is 29.0 Å². The molecule has 10 heteroatoms. The number of ether oxygens (including phenoxy) is 3. The number of hydrogen-bond acceptors (Lipinski definition) is 6. The van der Waals surface area contributed by atoms with Gasteiger partial charge in [-0.2, -0.15) is 13.2 Å². The van der Waals surface area contributed by atoms with Gasteiger partial charge in [0.15, 0.2) is 11.4 Å². The number of methoxy groups -OCH3 is 1. The zero-order chi connectivity index (χ0) is 26.2. The third-order valence-corrected chi connectivity index (χ3v) is 5.47. The van der Waals surface area contributed by atoms with Crippen LogP contribution in [0.2, 0.25) is 0 Å². The van der Waals surface area contributed by atoms with Crippen LogP contribution in [0.15, 0.2) is 30.3 Å². The van der Waals surface area contributed by atoms with E-state index in [-0.39, 0.29) is 24.0 Å². The molecule has 1 saturated heterocycles. The van der Waals surface area contributed by atoms with Gasteiger partial charge in [0.25, 0.3) is 0 Å². The largest absolute Gasteiger partial charge is 0.478 e. The van der Waals surface area contributed by atoms with Crippen LogP contribution in [0, 0.1) is 0 Å². The number of hydrogen-bond donors (Lipinski definition) is 0. The van der Waals surface area contributed by atoms with Crippen molar-refractivity contribution in [2.24, 2.45) is 0 Å². The van der Waals surface area contributed by atoms with Crippen LogP contribution in [0.3, 0.4) is 0 Å². The molecule has 2 unspecified atom stereocenters. The van der Waals surface area contributed by atoms with Crippen LogP contribution >= 0.6 is 0 Å². The van der Waals surface area contributed by atoms with E-state index in [1.165, 1.54) is 19.3 Å². The van der Waals surface area contributed by atoms with Gasteiger partial charge in [-0.25, -0.2) is 14.6 Å². The third-order valence-electron chi connectivity index (χ3n) is 5.47. The summed E-state index contributed by atoms with van der Waals surface area (Å²) in [7, 11) is 1.17. The molecule has 4 rings (SSSR count). The van der Waals surface area contributed by atoms with Crippen LogP contribution < -0.4 is 4.74 Å². The zero-order valence-electron chi connectivity index (χ0n) is 20.5. The van der Waals surface area contributed by atoms with E-state index in [1.54, 1.807) is 45.0 Å². The number of esters is 1. The average molecular weight is 495 g/mol. The van der Waals surface area contributed by atoms with E-state index >= 15 is 0 Å². The van der Waals surface area contributed by atoms with Gasteiger partial charge in [-0.15, -0.1) is 0 Å². The Bertz CT molecular complexity index is 1160. The smallest absolute Gasteiger partial charge is 0.437 e. The number of amides is 1. The van der Waals surface area contributed by atoms with Gasteiger partial charge < -0.3 is 14.2 Å². The second kappa shape index (κ2) is 9.39. The fraction of sp³-hybridized carbons (Fsp3) is 0.480. The first kappa shape index (κ1) is 26.3. The Hall–Kier alpha value is -3.30. The Balaban J connectivity index is 0.00000167. The first-order valence-corrected chi connectivity index (χ1v) is 11.3. The summed E-state index contributed by atoms with van der Waals surface area (Å²) in [4.78, 5) is 30.2. The maximum Gasteiger partial charge on any atom is 0.437 e. The van der Waals surface area contributed by atoms with Crippen LogP contribution in [0.4, 0.5) is 18.0 Å². The molecule has 2 aliphatic heterocycles. The number of nitrogens with zero attached hydrogens (tertiary/aromatic N) is 2. The molecule has 1 aromatic carbocycles. The molecule has 0 bridgehead atoms. The molecule has 1 fully saturated rings. The van der Waals surface area contributed by atoms with E-state index in [0.717, 1.165) is 4.90 Å². The van der Waals surface area contributed by atoms with Crippen LogP contribution in [-0.4, -0.2) is 52.8 Å². The standard InChI is InChI=1S/C23H23F3N2O5.C2H6/c1-21(2,3)33-20(30)28-12-22(11-16(28)19(29)31-4)10-9-14-13-7-5-6-8-15(13)27-18(17(14)32-22)23(24,25)26;1-2/h5-10,16H,11-12H2,1-4H3;1-2H3. The molecule has 2 atom stereocenters. The third kappa shape index (κ3) is 5.21. The van der Waals surface area contributed by atoms with E-state index < -0.39 is 46.9 Å². The molecule has 35 heavy (non-hydrogen) atoms. The first-order valence-electron chi connectivity index (χ1n) is 11.3. The molecule has 1 spiro atoms. The summed E-state index contributed by atoms with van der Waals surface area (Å²) in [6, 6.07) is 5.37. The van der Waals surface area contributed by atoms with Crippen molar-refractivity contribution in [1.29, 1.82) is 0 Å². The summed E-state index contributed by atoms with van der Waals surface area (Å²) in [5, 5.41) is 0.498. The molecule has 190 valence electrons. The maximum absolute atomic E-state index is 13.9. The highest BCUT2D eigenvalue weighted by molar-refractivity contribution is 5.92. The highest BCUT2D eigenvalue weighted by Crippen LogP contribution is 2.47. The number of pyridine rings is 1. The van der Waals surface area contributed by atoms with E-state index in [0.29, 0.717) is 5.39 Å². The van der Waals surface area contributed by atoms with E-state index in [9.17, 15) is 22.8 Å². The fourth-order valence-corrected chi connectivity index (χ4v) is 4.11. The van der Waals surface area contributed by atoms with Gasteiger partial charge in [0, 0.05) is 17.4 Å². The average Bonchev–Trinajstić information content (AvgIpc) is 3.16. The molecular weight excluding hydrogens is 465 g/mol. The van der Waals surface area contributed by atoms with Crippen LogP contribution in [0.5, 0.6) is 5.75 Å². The highest BCUT2D eigenvalue weighted by Gasteiger charge is 2.53. The minimum atomic E-state index is -4.77. The van der Waals surface area contributed by atoms with Crippen molar-refractivity contribution in [2.45, 2.75) is 64.5 Å².